The van der Waals surface area contributed by atoms with E-state index in [-0.39, 0.29) is 12.6 Å². The highest BCUT2D eigenvalue weighted by atomic mass is 16.5. The summed E-state index contributed by atoms with van der Waals surface area (Å²) < 4.78 is 5.05. The molecule has 0 spiro atoms. The van der Waals surface area contributed by atoms with E-state index in [9.17, 15) is 9.59 Å². The molecule has 2 N–H and O–H groups in total. The van der Waals surface area contributed by atoms with Crippen LogP contribution in [-0.4, -0.2) is 25.5 Å². The number of amides is 2. The van der Waals surface area contributed by atoms with Gasteiger partial charge in [-0.25, -0.2) is 0 Å². The first kappa shape index (κ1) is 14.8. The second-order valence-electron chi connectivity index (χ2n) is 3.97. The van der Waals surface area contributed by atoms with Crippen LogP contribution in [0.1, 0.15) is 18.5 Å². The van der Waals surface area contributed by atoms with E-state index in [1.165, 1.54) is 6.08 Å². The molecule has 1 aromatic rings. The fourth-order valence-electron chi connectivity index (χ4n) is 1.48. The molecule has 1 aromatic carbocycles. The van der Waals surface area contributed by atoms with Crippen molar-refractivity contribution in [2.45, 2.75) is 13.0 Å². The van der Waals surface area contributed by atoms with Crippen molar-refractivity contribution < 1.29 is 14.3 Å². The lowest BCUT2D eigenvalue weighted by atomic mass is 10.1. The molecular weight excluding hydrogens is 244 g/mol. The summed E-state index contributed by atoms with van der Waals surface area (Å²) in [5.41, 5.74) is 0.894. The Bertz CT molecular complexity index is 454. The maximum Gasteiger partial charge on any atom is 0.309 e. The predicted molar refractivity (Wildman–Crippen MR) is 72.8 cm³/mol. The molecule has 0 aliphatic heterocycles. The minimum atomic E-state index is -0.666. The first-order valence-electron chi connectivity index (χ1n) is 5.92. The van der Waals surface area contributed by atoms with Crippen LogP contribution in [0.2, 0.25) is 0 Å². The minimum Gasteiger partial charge on any atom is -0.497 e. The lowest BCUT2D eigenvalue weighted by molar-refractivity contribution is -0.139. The zero-order valence-corrected chi connectivity index (χ0v) is 11.1. The molecular formula is C14H18N2O3. The van der Waals surface area contributed by atoms with Crippen LogP contribution in [0.3, 0.4) is 0 Å². The fourth-order valence-corrected chi connectivity index (χ4v) is 1.48. The second-order valence-corrected chi connectivity index (χ2v) is 3.97. The highest BCUT2D eigenvalue weighted by Gasteiger charge is 2.16. The van der Waals surface area contributed by atoms with Gasteiger partial charge in [-0.15, -0.1) is 6.58 Å². The summed E-state index contributed by atoms with van der Waals surface area (Å²) in [6.07, 6.45) is 1.51. The van der Waals surface area contributed by atoms with E-state index >= 15 is 0 Å². The lowest BCUT2D eigenvalue weighted by Crippen LogP contribution is -2.40. The molecule has 0 heterocycles. The molecule has 0 bridgehead atoms. The topological polar surface area (TPSA) is 67.4 Å². The van der Waals surface area contributed by atoms with Gasteiger partial charge in [0, 0.05) is 6.54 Å². The van der Waals surface area contributed by atoms with Crippen molar-refractivity contribution in [2.75, 3.05) is 13.7 Å². The first-order chi connectivity index (χ1) is 9.08. The Balaban J connectivity index is 2.57. The Morgan fingerprint density at radius 2 is 1.95 bits per heavy atom. The van der Waals surface area contributed by atoms with Gasteiger partial charge in [0.2, 0.25) is 0 Å². The Kier molecular flexibility index (Phi) is 5.60. The van der Waals surface area contributed by atoms with Crippen molar-refractivity contribution in [1.82, 2.24) is 10.6 Å². The summed E-state index contributed by atoms with van der Waals surface area (Å²) >= 11 is 0. The third-order valence-electron chi connectivity index (χ3n) is 2.58. The number of ether oxygens (including phenoxy) is 1. The highest BCUT2D eigenvalue weighted by molar-refractivity contribution is 6.35. The van der Waals surface area contributed by atoms with Gasteiger partial charge in [-0.2, -0.15) is 0 Å². The number of nitrogens with one attached hydrogen (secondary N) is 2. The molecule has 1 rings (SSSR count). The third-order valence-corrected chi connectivity index (χ3v) is 2.58. The number of hydrogen-bond donors (Lipinski definition) is 2. The molecule has 0 radical (unpaired) electrons. The Morgan fingerprint density at radius 3 is 2.47 bits per heavy atom. The standard InChI is InChI=1S/C14H18N2O3/c1-4-9-15-13(17)14(18)16-10(2)11-5-7-12(19-3)8-6-11/h4-8,10H,1,9H2,2-3H3,(H,15,17)(H,16,18). The molecule has 1 atom stereocenters. The molecule has 19 heavy (non-hydrogen) atoms. The molecule has 0 fully saturated rings. The molecule has 0 aliphatic carbocycles. The number of carbonyl (C=O) groups excluding carboxylic acids is 2. The molecule has 5 nitrogen and oxygen atoms in total. The van der Waals surface area contributed by atoms with Gasteiger partial charge in [-0.1, -0.05) is 18.2 Å². The van der Waals surface area contributed by atoms with E-state index in [0.717, 1.165) is 11.3 Å². The Hall–Kier alpha value is -2.30. The normalized spacial score (nSPS) is 11.3. The van der Waals surface area contributed by atoms with Gasteiger partial charge in [0.15, 0.2) is 0 Å². The van der Waals surface area contributed by atoms with E-state index in [2.05, 4.69) is 17.2 Å². The van der Waals surface area contributed by atoms with E-state index in [0.29, 0.717) is 0 Å². The van der Waals surface area contributed by atoms with Gasteiger partial charge in [0.1, 0.15) is 5.75 Å². The number of benzene rings is 1. The maximum absolute atomic E-state index is 11.6. The van der Waals surface area contributed by atoms with Crippen molar-refractivity contribution in [3.63, 3.8) is 0 Å². The predicted octanol–water partition coefficient (Wildman–Crippen LogP) is 1.17. The van der Waals surface area contributed by atoms with Gasteiger partial charge in [-0.3, -0.25) is 9.59 Å². The number of methoxy groups -OCH3 is 1. The Labute approximate surface area is 112 Å². The monoisotopic (exact) mass is 262 g/mol. The van der Waals surface area contributed by atoms with Crippen LogP contribution in [0.25, 0.3) is 0 Å². The molecule has 1 unspecified atom stereocenters. The zero-order chi connectivity index (χ0) is 14.3. The summed E-state index contributed by atoms with van der Waals surface area (Å²) in [5.74, 6) is -0.587. The van der Waals surface area contributed by atoms with Crippen molar-refractivity contribution in [3.05, 3.63) is 42.5 Å². The van der Waals surface area contributed by atoms with Crippen molar-refractivity contribution in [3.8, 4) is 5.75 Å². The van der Waals surface area contributed by atoms with Crippen LogP contribution >= 0.6 is 0 Å². The lowest BCUT2D eigenvalue weighted by Gasteiger charge is -2.14. The van der Waals surface area contributed by atoms with Crippen LogP contribution in [0.4, 0.5) is 0 Å². The van der Waals surface area contributed by atoms with Gasteiger partial charge >= 0.3 is 11.8 Å². The van der Waals surface area contributed by atoms with Crippen LogP contribution in [0.5, 0.6) is 5.75 Å². The van der Waals surface area contributed by atoms with E-state index < -0.39 is 11.8 Å². The minimum absolute atomic E-state index is 0.257. The summed E-state index contributed by atoms with van der Waals surface area (Å²) in [7, 11) is 1.59. The highest BCUT2D eigenvalue weighted by Crippen LogP contribution is 2.16. The van der Waals surface area contributed by atoms with Crippen molar-refractivity contribution in [1.29, 1.82) is 0 Å². The number of rotatable bonds is 5. The van der Waals surface area contributed by atoms with Crippen LogP contribution in [-0.2, 0) is 9.59 Å². The summed E-state index contributed by atoms with van der Waals surface area (Å²) in [4.78, 5) is 23.0. The third kappa shape index (κ3) is 4.46. The van der Waals surface area contributed by atoms with Gasteiger partial charge in [0.25, 0.3) is 0 Å². The molecule has 0 saturated carbocycles. The summed E-state index contributed by atoms with van der Waals surface area (Å²) in [6, 6.07) is 7.02. The zero-order valence-electron chi connectivity index (χ0n) is 11.1. The maximum atomic E-state index is 11.6. The molecule has 102 valence electrons. The molecule has 0 aromatic heterocycles. The van der Waals surface area contributed by atoms with Gasteiger partial charge in [-0.05, 0) is 24.6 Å². The smallest absolute Gasteiger partial charge is 0.309 e. The van der Waals surface area contributed by atoms with Crippen LogP contribution < -0.4 is 15.4 Å². The average Bonchev–Trinajstić information content (AvgIpc) is 2.44. The largest absolute Gasteiger partial charge is 0.497 e. The first-order valence-corrected chi connectivity index (χ1v) is 5.92. The molecule has 0 aliphatic rings. The Morgan fingerprint density at radius 1 is 1.32 bits per heavy atom. The van der Waals surface area contributed by atoms with Crippen LogP contribution in [0.15, 0.2) is 36.9 Å². The van der Waals surface area contributed by atoms with E-state index in [1.54, 1.807) is 26.2 Å². The second kappa shape index (κ2) is 7.20. The van der Waals surface area contributed by atoms with E-state index in [4.69, 9.17) is 4.74 Å². The summed E-state index contributed by atoms with van der Waals surface area (Å²) in [6.45, 7) is 5.53. The SMILES string of the molecule is C=CCNC(=O)C(=O)NC(C)c1ccc(OC)cc1. The van der Waals surface area contributed by atoms with Crippen LogP contribution in [0, 0.1) is 0 Å². The number of carbonyl (C=O) groups is 2. The van der Waals surface area contributed by atoms with Crippen molar-refractivity contribution in [2.24, 2.45) is 0 Å². The molecule has 2 amide bonds. The fraction of sp³-hybridized carbons (Fsp3) is 0.286. The van der Waals surface area contributed by atoms with Gasteiger partial charge in [0.05, 0.1) is 13.2 Å². The van der Waals surface area contributed by atoms with Crippen molar-refractivity contribution >= 4 is 11.8 Å². The van der Waals surface area contributed by atoms with Gasteiger partial charge < -0.3 is 15.4 Å². The number of hydrogen-bond acceptors (Lipinski definition) is 3. The quantitative estimate of drug-likeness (QED) is 0.618. The molecule has 0 saturated heterocycles. The molecule has 5 heteroatoms. The van der Waals surface area contributed by atoms with E-state index in [1.807, 2.05) is 12.1 Å². The average molecular weight is 262 g/mol. The summed E-state index contributed by atoms with van der Waals surface area (Å²) in [5, 5.41) is 5.03.